The lowest BCUT2D eigenvalue weighted by Crippen LogP contribution is -2.53. The molecule has 6 rings (SSSR count). The van der Waals surface area contributed by atoms with E-state index in [4.69, 9.17) is 4.98 Å². The zero-order chi connectivity index (χ0) is 18.4. The normalized spacial score (nSPS) is 34.7. The molecule has 0 atom stereocenters. The first-order valence-corrected chi connectivity index (χ1v) is 11.0. The molecule has 5 aliphatic rings. The Labute approximate surface area is 162 Å². The number of anilines is 1. The van der Waals surface area contributed by atoms with Crippen molar-refractivity contribution in [1.29, 1.82) is 0 Å². The summed E-state index contributed by atoms with van der Waals surface area (Å²) in [6.45, 7) is 4.65. The molecule has 0 unspecified atom stereocenters. The van der Waals surface area contributed by atoms with Crippen LogP contribution in [0.2, 0.25) is 0 Å². The third kappa shape index (κ3) is 3.34. The van der Waals surface area contributed by atoms with Crippen molar-refractivity contribution in [3.8, 4) is 0 Å². The van der Waals surface area contributed by atoms with Gasteiger partial charge in [0.05, 0.1) is 12.2 Å². The molecule has 5 heteroatoms. The van der Waals surface area contributed by atoms with E-state index in [9.17, 15) is 4.79 Å². The van der Waals surface area contributed by atoms with Gasteiger partial charge in [-0.2, -0.15) is 0 Å². The van der Waals surface area contributed by atoms with Crippen molar-refractivity contribution in [2.45, 2.75) is 71.3 Å². The SMILES string of the molecule is Cc1cc(CNC(=O)C23CC4CC(CC(C4)C2)C3)nc(N2CCCCC2)n1. The highest BCUT2D eigenvalue weighted by Crippen LogP contribution is 2.60. The second-order valence-electron chi connectivity index (χ2n) is 9.73. The molecule has 5 nitrogen and oxygen atoms in total. The number of piperidine rings is 1. The van der Waals surface area contributed by atoms with E-state index in [1.165, 1.54) is 38.5 Å². The third-order valence-corrected chi connectivity index (χ3v) is 7.48. The summed E-state index contributed by atoms with van der Waals surface area (Å²) in [6.07, 6.45) is 11.2. The van der Waals surface area contributed by atoms with Gasteiger partial charge >= 0.3 is 0 Å². The molecular weight excluding hydrogens is 336 g/mol. The Morgan fingerprint density at radius 1 is 1.07 bits per heavy atom. The molecule has 1 aromatic heterocycles. The molecule has 1 saturated heterocycles. The highest BCUT2D eigenvalue weighted by Gasteiger charge is 2.54. The van der Waals surface area contributed by atoms with Crippen molar-refractivity contribution in [2.75, 3.05) is 18.0 Å². The lowest BCUT2D eigenvalue weighted by atomic mass is 9.49. The molecule has 146 valence electrons. The monoisotopic (exact) mass is 368 g/mol. The summed E-state index contributed by atoms with van der Waals surface area (Å²) in [5.74, 6) is 3.53. The Balaban J connectivity index is 1.27. The zero-order valence-corrected chi connectivity index (χ0v) is 16.5. The fourth-order valence-electron chi connectivity index (χ4n) is 6.69. The second kappa shape index (κ2) is 6.75. The van der Waals surface area contributed by atoms with Crippen LogP contribution in [0.4, 0.5) is 5.95 Å². The van der Waals surface area contributed by atoms with Crippen LogP contribution >= 0.6 is 0 Å². The largest absolute Gasteiger partial charge is 0.350 e. The number of hydrogen-bond acceptors (Lipinski definition) is 4. The van der Waals surface area contributed by atoms with Crippen LogP contribution in [0.5, 0.6) is 0 Å². The van der Waals surface area contributed by atoms with E-state index >= 15 is 0 Å². The zero-order valence-electron chi connectivity index (χ0n) is 16.5. The van der Waals surface area contributed by atoms with Crippen LogP contribution in [0.3, 0.4) is 0 Å². The van der Waals surface area contributed by atoms with Crippen molar-refractivity contribution in [2.24, 2.45) is 23.2 Å². The molecule has 0 aromatic carbocycles. The van der Waals surface area contributed by atoms with Crippen molar-refractivity contribution in [3.05, 3.63) is 17.5 Å². The predicted molar refractivity (Wildman–Crippen MR) is 105 cm³/mol. The number of amides is 1. The molecule has 4 bridgehead atoms. The molecule has 2 heterocycles. The van der Waals surface area contributed by atoms with Crippen LogP contribution in [-0.2, 0) is 11.3 Å². The third-order valence-electron chi connectivity index (χ3n) is 7.48. The highest BCUT2D eigenvalue weighted by molar-refractivity contribution is 5.83. The number of hydrogen-bond donors (Lipinski definition) is 1. The Hall–Kier alpha value is -1.65. The van der Waals surface area contributed by atoms with E-state index in [-0.39, 0.29) is 11.3 Å². The van der Waals surface area contributed by atoms with Gasteiger partial charge in [-0.3, -0.25) is 4.79 Å². The van der Waals surface area contributed by atoms with Gasteiger partial charge in [0.15, 0.2) is 0 Å². The average molecular weight is 369 g/mol. The van der Waals surface area contributed by atoms with Crippen molar-refractivity contribution < 1.29 is 4.79 Å². The maximum Gasteiger partial charge on any atom is 0.226 e. The maximum atomic E-state index is 13.2. The highest BCUT2D eigenvalue weighted by atomic mass is 16.2. The number of aromatic nitrogens is 2. The Morgan fingerprint density at radius 3 is 2.33 bits per heavy atom. The Kier molecular flexibility index (Phi) is 4.36. The van der Waals surface area contributed by atoms with Crippen molar-refractivity contribution in [3.63, 3.8) is 0 Å². The average Bonchev–Trinajstić information content (AvgIpc) is 2.65. The van der Waals surface area contributed by atoms with E-state index in [2.05, 4.69) is 15.2 Å². The number of carbonyl (C=O) groups is 1. The molecule has 0 spiro atoms. The lowest BCUT2D eigenvalue weighted by molar-refractivity contribution is -0.146. The first kappa shape index (κ1) is 17.4. The minimum Gasteiger partial charge on any atom is -0.350 e. The van der Waals surface area contributed by atoms with Gasteiger partial charge in [-0.15, -0.1) is 0 Å². The minimum absolute atomic E-state index is 0.0769. The van der Waals surface area contributed by atoms with Crippen molar-refractivity contribution >= 4 is 11.9 Å². The van der Waals surface area contributed by atoms with Gasteiger partial charge in [-0.05, 0) is 88.5 Å². The number of aryl methyl sites for hydroxylation is 1. The fraction of sp³-hybridized carbons (Fsp3) is 0.773. The summed E-state index contributed by atoms with van der Waals surface area (Å²) in [6, 6.07) is 2.02. The van der Waals surface area contributed by atoms with E-state index in [1.807, 2.05) is 13.0 Å². The van der Waals surface area contributed by atoms with Crippen LogP contribution in [0, 0.1) is 30.1 Å². The number of nitrogens with one attached hydrogen (secondary N) is 1. The first-order valence-electron chi connectivity index (χ1n) is 11.0. The van der Waals surface area contributed by atoms with Gasteiger partial charge in [0.2, 0.25) is 11.9 Å². The first-order chi connectivity index (χ1) is 13.1. The molecule has 1 aromatic rings. The van der Waals surface area contributed by atoms with Crippen LogP contribution in [0.15, 0.2) is 6.07 Å². The van der Waals surface area contributed by atoms with Gasteiger partial charge in [0.1, 0.15) is 0 Å². The molecular formula is C22H32N4O. The molecule has 0 radical (unpaired) electrons. The van der Waals surface area contributed by atoms with E-state index in [0.717, 1.165) is 67.4 Å². The number of nitrogens with zero attached hydrogens (tertiary/aromatic N) is 3. The van der Waals surface area contributed by atoms with E-state index in [0.29, 0.717) is 6.54 Å². The molecule has 27 heavy (non-hydrogen) atoms. The molecule has 4 aliphatic carbocycles. The van der Waals surface area contributed by atoms with Crippen LogP contribution < -0.4 is 10.2 Å². The van der Waals surface area contributed by atoms with Gasteiger partial charge < -0.3 is 10.2 Å². The van der Waals surface area contributed by atoms with Gasteiger partial charge in [0, 0.05) is 24.2 Å². The summed E-state index contributed by atoms with van der Waals surface area (Å²) in [7, 11) is 0. The quantitative estimate of drug-likeness (QED) is 0.882. The topological polar surface area (TPSA) is 58.1 Å². The summed E-state index contributed by atoms with van der Waals surface area (Å²) in [5, 5.41) is 3.27. The number of rotatable bonds is 4. The number of carbonyl (C=O) groups excluding carboxylic acids is 1. The summed E-state index contributed by atoms with van der Waals surface area (Å²) >= 11 is 0. The summed E-state index contributed by atoms with van der Waals surface area (Å²) in [5.41, 5.74) is 1.86. The van der Waals surface area contributed by atoms with Crippen molar-refractivity contribution in [1.82, 2.24) is 15.3 Å². The second-order valence-corrected chi connectivity index (χ2v) is 9.73. The fourth-order valence-corrected chi connectivity index (χ4v) is 6.69. The Morgan fingerprint density at radius 2 is 1.70 bits per heavy atom. The van der Waals surface area contributed by atoms with Gasteiger partial charge in [-0.1, -0.05) is 0 Å². The molecule has 1 N–H and O–H groups in total. The minimum atomic E-state index is -0.0769. The Bertz CT molecular complexity index is 690. The standard InChI is InChI=1S/C22H32N4O/c1-15-7-19(25-21(24-15)26-5-3-2-4-6-26)14-23-20(27)22-11-16-8-17(12-22)10-18(9-16)13-22/h7,16-18H,2-6,8-14H2,1H3,(H,23,27). The molecule has 4 saturated carbocycles. The summed E-state index contributed by atoms with van der Waals surface area (Å²) in [4.78, 5) is 24.9. The van der Waals surface area contributed by atoms with Gasteiger partial charge in [0.25, 0.3) is 0 Å². The van der Waals surface area contributed by atoms with Crippen LogP contribution in [-0.4, -0.2) is 29.0 Å². The summed E-state index contributed by atoms with van der Waals surface area (Å²) < 4.78 is 0. The van der Waals surface area contributed by atoms with Crippen LogP contribution in [0.25, 0.3) is 0 Å². The van der Waals surface area contributed by atoms with Crippen LogP contribution in [0.1, 0.15) is 69.2 Å². The molecule has 1 aliphatic heterocycles. The van der Waals surface area contributed by atoms with E-state index in [1.54, 1.807) is 0 Å². The maximum absolute atomic E-state index is 13.2. The van der Waals surface area contributed by atoms with Gasteiger partial charge in [-0.25, -0.2) is 9.97 Å². The van der Waals surface area contributed by atoms with E-state index < -0.39 is 0 Å². The smallest absolute Gasteiger partial charge is 0.226 e. The lowest BCUT2D eigenvalue weighted by Gasteiger charge is -2.55. The predicted octanol–water partition coefficient (Wildman–Crippen LogP) is 3.61. The molecule has 5 fully saturated rings. The molecule has 1 amide bonds.